The number of aliphatic hydroxyl groups is 1. The van der Waals surface area contributed by atoms with Crippen LogP contribution in [-0.2, 0) is 19.6 Å². The molecule has 7 nitrogen and oxygen atoms in total. The summed E-state index contributed by atoms with van der Waals surface area (Å²) in [5.74, 6) is -1.02. The number of esters is 1. The molecule has 0 unspecified atom stereocenters. The van der Waals surface area contributed by atoms with Crippen LogP contribution >= 0.6 is 0 Å². The Balaban J connectivity index is 2.01. The van der Waals surface area contributed by atoms with Crippen molar-refractivity contribution < 1.29 is 23.1 Å². The van der Waals surface area contributed by atoms with E-state index in [1.54, 1.807) is 67.6 Å². The van der Waals surface area contributed by atoms with Crippen LogP contribution in [0.3, 0.4) is 0 Å². The van der Waals surface area contributed by atoms with Gasteiger partial charge in [-0.2, -0.15) is 9.57 Å². The van der Waals surface area contributed by atoms with Crippen LogP contribution in [0.5, 0.6) is 0 Å². The molecule has 0 saturated heterocycles. The molecule has 0 radical (unpaired) electrons. The summed E-state index contributed by atoms with van der Waals surface area (Å²) in [6.07, 6.45) is -0.101. The average Bonchev–Trinajstić information content (AvgIpc) is 2.88. The molecule has 0 aromatic heterocycles. The Morgan fingerprint density at radius 1 is 1.03 bits per heavy atom. The van der Waals surface area contributed by atoms with Gasteiger partial charge < -0.3 is 9.84 Å². The zero-order valence-electron chi connectivity index (χ0n) is 20.0. The summed E-state index contributed by atoms with van der Waals surface area (Å²) < 4.78 is 35.0. The summed E-state index contributed by atoms with van der Waals surface area (Å²) in [5.41, 5.74) is 2.25. The van der Waals surface area contributed by atoms with E-state index in [9.17, 15) is 23.6 Å². The Morgan fingerprint density at radius 2 is 1.67 bits per heavy atom. The van der Waals surface area contributed by atoms with Gasteiger partial charge in [0.1, 0.15) is 5.76 Å². The number of nitriles is 1. The maximum absolute atomic E-state index is 14.2. The molecule has 0 amide bonds. The predicted molar refractivity (Wildman–Crippen MR) is 134 cm³/mol. The third-order valence-corrected chi connectivity index (χ3v) is 8.05. The second-order valence-electron chi connectivity index (χ2n) is 8.50. The van der Waals surface area contributed by atoms with E-state index < -0.39 is 28.1 Å². The SMILES string of the molecule is CCOC(=O)C1=C(O)C[C@H](c2ccccc2)N(S(=O)(=O)c2ccc(C)cc2)[C@@H]1c1ccc(C#N)cc1. The molecule has 184 valence electrons. The van der Waals surface area contributed by atoms with E-state index in [0.717, 1.165) is 5.56 Å². The van der Waals surface area contributed by atoms with Crippen LogP contribution in [0.4, 0.5) is 0 Å². The van der Waals surface area contributed by atoms with E-state index in [4.69, 9.17) is 4.74 Å². The number of nitrogens with zero attached hydrogens (tertiary/aromatic N) is 2. The second kappa shape index (κ2) is 10.4. The number of carbonyl (C=O) groups excluding carboxylic acids is 1. The number of aryl methyl sites for hydroxylation is 1. The van der Waals surface area contributed by atoms with Gasteiger partial charge in [0.25, 0.3) is 0 Å². The van der Waals surface area contributed by atoms with Crippen molar-refractivity contribution in [2.45, 2.75) is 37.2 Å². The molecule has 4 rings (SSSR count). The minimum absolute atomic E-state index is 0.0581. The smallest absolute Gasteiger partial charge is 0.339 e. The summed E-state index contributed by atoms with van der Waals surface area (Å²) >= 11 is 0. The standard InChI is InChI=1S/C28H26N2O5S/c1-3-35-28(32)26-25(31)17-24(21-7-5-4-6-8-21)30(27(26)22-13-11-20(18-29)12-14-22)36(33,34)23-15-9-19(2)10-16-23/h4-16,24,27,31H,3,17H2,1-2H3/t24-,27-/m1/s1. The van der Waals surface area contributed by atoms with Crippen LogP contribution in [0, 0.1) is 18.3 Å². The molecule has 8 heteroatoms. The van der Waals surface area contributed by atoms with Crippen LogP contribution in [0.15, 0.2) is 95.1 Å². The highest BCUT2D eigenvalue weighted by Gasteiger charge is 2.47. The van der Waals surface area contributed by atoms with Gasteiger partial charge in [-0.3, -0.25) is 0 Å². The van der Waals surface area contributed by atoms with Crippen molar-refractivity contribution in [3.63, 3.8) is 0 Å². The molecule has 1 aliphatic rings. The third-order valence-electron chi connectivity index (χ3n) is 6.16. The van der Waals surface area contributed by atoms with Crippen molar-refractivity contribution in [1.82, 2.24) is 4.31 Å². The molecule has 0 fully saturated rings. The average molecular weight is 503 g/mol. The molecular formula is C28H26N2O5S. The fourth-order valence-electron chi connectivity index (χ4n) is 4.42. The Kier molecular flexibility index (Phi) is 7.25. The minimum atomic E-state index is -4.18. The third kappa shape index (κ3) is 4.76. The summed E-state index contributed by atoms with van der Waals surface area (Å²) in [6, 6.07) is 21.9. The summed E-state index contributed by atoms with van der Waals surface area (Å²) in [5, 5.41) is 20.4. The van der Waals surface area contributed by atoms with Gasteiger partial charge >= 0.3 is 5.97 Å². The number of sulfonamides is 1. The normalized spacial score (nSPS) is 18.5. The van der Waals surface area contributed by atoms with Gasteiger partial charge in [-0.25, -0.2) is 13.2 Å². The summed E-state index contributed by atoms with van der Waals surface area (Å²) in [6.45, 7) is 3.56. The molecule has 0 aliphatic carbocycles. The van der Waals surface area contributed by atoms with Crippen molar-refractivity contribution in [2.75, 3.05) is 6.61 Å². The van der Waals surface area contributed by atoms with Crippen LogP contribution in [0.1, 0.15) is 47.7 Å². The second-order valence-corrected chi connectivity index (χ2v) is 10.3. The number of hydrogen-bond donors (Lipinski definition) is 1. The molecule has 3 aromatic carbocycles. The first-order chi connectivity index (χ1) is 17.3. The molecule has 1 N–H and O–H groups in total. The Labute approximate surface area is 210 Å². The highest BCUT2D eigenvalue weighted by molar-refractivity contribution is 7.89. The fourth-order valence-corrected chi connectivity index (χ4v) is 6.18. The van der Waals surface area contributed by atoms with Gasteiger partial charge in [0.05, 0.1) is 40.8 Å². The number of benzene rings is 3. The monoisotopic (exact) mass is 502 g/mol. The van der Waals surface area contributed by atoms with E-state index in [1.807, 2.05) is 19.1 Å². The Hall–Kier alpha value is -3.93. The first kappa shape index (κ1) is 25.2. The van der Waals surface area contributed by atoms with Crippen LogP contribution < -0.4 is 0 Å². The highest BCUT2D eigenvalue weighted by Crippen LogP contribution is 2.47. The minimum Gasteiger partial charge on any atom is -0.512 e. The number of rotatable bonds is 6. The van der Waals surface area contributed by atoms with Gasteiger partial charge in [0.15, 0.2) is 0 Å². The van der Waals surface area contributed by atoms with Gasteiger partial charge in [-0.05, 0) is 49.2 Å². The van der Waals surface area contributed by atoms with E-state index in [2.05, 4.69) is 0 Å². The molecule has 0 bridgehead atoms. The van der Waals surface area contributed by atoms with E-state index in [0.29, 0.717) is 16.7 Å². The van der Waals surface area contributed by atoms with Crippen molar-refractivity contribution in [1.29, 1.82) is 5.26 Å². The van der Waals surface area contributed by atoms with E-state index in [1.165, 1.54) is 16.4 Å². The summed E-state index contributed by atoms with van der Waals surface area (Å²) in [7, 11) is -4.18. The van der Waals surface area contributed by atoms with Gasteiger partial charge in [-0.15, -0.1) is 0 Å². The number of ether oxygens (including phenoxy) is 1. The quantitative estimate of drug-likeness (QED) is 0.469. The van der Waals surface area contributed by atoms with Crippen molar-refractivity contribution in [3.05, 3.63) is 112 Å². The molecular weight excluding hydrogens is 476 g/mol. The van der Waals surface area contributed by atoms with Crippen molar-refractivity contribution >= 4 is 16.0 Å². The molecule has 3 aromatic rings. The first-order valence-electron chi connectivity index (χ1n) is 11.5. The maximum atomic E-state index is 14.2. The molecule has 36 heavy (non-hydrogen) atoms. The zero-order valence-corrected chi connectivity index (χ0v) is 20.8. The van der Waals surface area contributed by atoms with Crippen LogP contribution in [0.25, 0.3) is 0 Å². The lowest BCUT2D eigenvalue weighted by Gasteiger charge is -2.41. The lowest BCUT2D eigenvalue weighted by Crippen LogP contribution is -2.44. The topological polar surface area (TPSA) is 108 Å². The number of carbonyl (C=O) groups is 1. The number of aliphatic hydroxyl groups excluding tert-OH is 1. The largest absolute Gasteiger partial charge is 0.512 e. The van der Waals surface area contributed by atoms with Gasteiger partial charge in [0, 0.05) is 6.42 Å². The highest BCUT2D eigenvalue weighted by atomic mass is 32.2. The van der Waals surface area contributed by atoms with Gasteiger partial charge in [0.2, 0.25) is 10.0 Å². The predicted octanol–water partition coefficient (Wildman–Crippen LogP) is 5.12. The molecule has 2 atom stereocenters. The molecule has 1 heterocycles. The fraction of sp³-hybridized carbons (Fsp3) is 0.214. The zero-order chi connectivity index (χ0) is 25.9. The first-order valence-corrected chi connectivity index (χ1v) is 13.0. The Morgan fingerprint density at radius 3 is 2.25 bits per heavy atom. The molecule has 1 aliphatic heterocycles. The van der Waals surface area contributed by atoms with Crippen LogP contribution in [-0.4, -0.2) is 30.4 Å². The number of hydrogen-bond acceptors (Lipinski definition) is 6. The summed E-state index contributed by atoms with van der Waals surface area (Å²) in [4.78, 5) is 13.2. The van der Waals surface area contributed by atoms with E-state index in [-0.39, 0.29) is 29.3 Å². The van der Waals surface area contributed by atoms with E-state index >= 15 is 0 Å². The van der Waals surface area contributed by atoms with Crippen molar-refractivity contribution in [2.24, 2.45) is 0 Å². The Bertz CT molecular complexity index is 1420. The maximum Gasteiger partial charge on any atom is 0.339 e. The van der Waals surface area contributed by atoms with Crippen molar-refractivity contribution in [3.8, 4) is 6.07 Å². The lowest BCUT2D eigenvalue weighted by atomic mass is 9.88. The van der Waals surface area contributed by atoms with Crippen LogP contribution in [0.2, 0.25) is 0 Å². The van der Waals surface area contributed by atoms with Gasteiger partial charge in [-0.1, -0.05) is 60.2 Å². The molecule has 0 saturated carbocycles. The molecule has 0 spiro atoms. The lowest BCUT2D eigenvalue weighted by molar-refractivity contribution is -0.139.